The molecular formula is C14H27N3O. The normalized spacial score (nSPS) is 26.8. The maximum absolute atomic E-state index is 12.4. The van der Waals surface area contributed by atoms with E-state index in [1.165, 1.54) is 19.3 Å². The standard InChI is InChI=1S/C14H27N3O/c1-15-7-3-12-4-9-17(10-5-12)14(18)13-6-8-16(2)11-13/h12-13,15H,3-11H2,1-2H3. The van der Waals surface area contributed by atoms with Crippen molar-refractivity contribution in [1.29, 1.82) is 0 Å². The predicted molar refractivity (Wildman–Crippen MR) is 73.5 cm³/mol. The fourth-order valence-corrected chi connectivity index (χ4v) is 3.19. The van der Waals surface area contributed by atoms with Gasteiger partial charge in [-0.3, -0.25) is 4.79 Å². The average molecular weight is 253 g/mol. The van der Waals surface area contributed by atoms with Gasteiger partial charge in [0, 0.05) is 19.6 Å². The third kappa shape index (κ3) is 3.45. The Hall–Kier alpha value is -0.610. The van der Waals surface area contributed by atoms with Gasteiger partial charge in [0.1, 0.15) is 0 Å². The van der Waals surface area contributed by atoms with Crippen LogP contribution in [0.25, 0.3) is 0 Å². The highest BCUT2D eigenvalue weighted by molar-refractivity contribution is 5.79. The SMILES string of the molecule is CNCCC1CCN(C(=O)C2CCN(C)C2)CC1. The van der Waals surface area contributed by atoms with E-state index < -0.39 is 0 Å². The van der Waals surface area contributed by atoms with Gasteiger partial charge in [-0.05, 0) is 58.8 Å². The molecule has 4 nitrogen and oxygen atoms in total. The molecule has 1 unspecified atom stereocenters. The molecule has 104 valence electrons. The molecule has 2 heterocycles. The minimum absolute atomic E-state index is 0.267. The monoisotopic (exact) mass is 253 g/mol. The molecule has 0 aromatic rings. The van der Waals surface area contributed by atoms with E-state index in [1.807, 2.05) is 7.05 Å². The molecule has 2 fully saturated rings. The number of carbonyl (C=O) groups is 1. The first-order valence-corrected chi connectivity index (χ1v) is 7.32. The minimum atomic E-state index is 0.267. The van der Waals surface area contributed by atoms with Crippen LogP contribution < -0.4 is 5.32 Å². The van der Waals surface area contributed by atoms with Gasteiger partial charge in [0.15, 0.2) is 0 Å². The van der Waals surface area contributed by atoms with E-state index in [0.29, 0.717) is 5.91 Å². The van der Waals surface area contributed by atoms with Crippen LogP contribution in [0.3, 0.4) is 0 Å². The summed E-state index contributed by atoms with van der Waals surface area (Å²) in [5, 5.41) is 3.21. The number of amides is 1. The van der Waals surface area contributed by atoms with Gasteiger partial charge in [-0.1, -0.05) is 0 Å². The highest BCUT2D eigenvalue weighted by Gasteiger charge is 2.31. The summed E-state index contributed by atoms with van der Waals surface area (Å²) >= 11 is 0. The average Bonchev–Trinajstić information content (AvgIpc) is 2.83. The highest BCUT2D eigenvalue weighted by atomic mass is 16.2. The van der Waals surface area contributed by atoms with E-state index >= 15 is 0 Å². The topological polar surface area (TPSA) is 35.6 Å². The zero-order valence-electron chi connectivity index (χ0n) is 11.8. The number of nitrogens with one attached hydrogen (secondary N) is 1. The van der Waals surface area contributed by atoms with E-state index in [-0.39, 0.29) is 5.92 Å². The molecule has 0 aliphatic carbocycles. The van der Waals surface area contributed by atoms with Crippen molar-refractivity contribution in [3.05, 3.63) is 0 Å². The van der Waals surface area contributed by atoms with Gasteiger partial charge in [0.25, 0.3) is 0 Å². The van der Waals surface area contributed by atoms with Crippen LogP contribution >= 0.6 is 0 Å². The van der Waals surface area contributed by atoms with Crippen molar-refractivity contribution in [3.8, 4) is 0 Å². The molecule has 0 radical (unpaired) electrons. The molecule has 2 saturated heterocycles. The first kappa shape index (κ1) is 13.8. The third-order valence-electron chi connectivity index (χ3n) is 4.47. The molecule has 0 aromatic carbocycles. The summed E-state index contributed by atoms with van der Waals surface area (Å²) in [6.07, 6.45) is 4.69. The number of carbonyl (C=O) groups excluding carboxylic acids is 1. The predicted octanol–water partition coefficient (Wildman–Crippen LogP) is 0.786. The fourth-order valence-electron chi connectivity index (χ4n) is 3.19. The van der Waals surface area contributed by atoms with E-state index in [2.05, 4.69) is 22.2 Å². The Morgan fingerprint density at radius 1 is 1.22 bits per heavy atom. The number of rotatable bonds is 4. The van der Waals surface area contributed by atoms with Crippen LogP contribution in [0.1, 0.15) is 25.7 Å². The van der Waals surface area contributed by atoms with Gasteiger partial charge in [0.2, 0.25) is 5.91 Å². The van der Waals surface area contributed by atoms with Gasteiger partial charge in [-0.25, -0.2) is 0 Å². The van der Waals surface area contributed by atoms with E-state index in [0.717, 1.165) is 45.1 Å². The van der Waals surface area contributed by atoms with Crippen molar-refractivity contribution < 1.29 is 4.79 Å². The molecule has 0 bridgehead atoms. The van der Waals surface area contributed by atoms with Gasteiger partial charge in [-0.2, -0.15) is 0 Å². The molecule has 0 aromatic heterocycles. The fraction of sp³-hybridized carbons (Fsp3) is 0.929. The van der Waals surface area contributed by atoms with Crippen molar-refractivity contribution in [2.75, 3.05) is 46.8 Å². The Morgan fingerprint density at radius 2 is 1.94 bits per heavy atom. The van der Waals surface area contributed by atoms with Crippen LogP contribution in [0.15, 0.2) is 0 Å². The zero-order chi connectivity index (χ0) is 13.0. The largest absolute Gasteiger partial charge is 0.342 e. The van der Waals surface area contributed by atoms with Gasteiger partial charge >= 0.3 is 0 Å². The molecule has 18 heavy (non-hydrogen) atoms. The molecule has 0 saturated carbocycles. The lowest BCUT2D eigenvalue weighted by molar-refractivity contribution is -0.136. The maximum Gasteiger partial charge on any atom is 0.227 e. The number of likely N-dealkylation sites (tertiary alicyclic amines) is 2. The molecule has 4 heteroatoms. The summed E-state index contributed by atoms with van der Waals surface area (Å²) in [5.74, 6) is 1.49. The van der Waals surface area contributed by atoms with Crippen LogP contribution in [0, 0.1) is 11.8 Å². The lowest BCUT2D eigenvalue weighted by Gasteiger charge is -2.33. The second-order valence-corrected chi connectivity index (χ2v) is 5.91. The number of piperidine rings is 1. The van der Waals surface area contributed by atoms with Crippen LogP contribution in [0.5, 0.6) is 0 Å². The lowest BCUT2D eigenvalue weighted by Crippen LogP contribution is -2.42. The Morgan fingerprint density at radius 3 is 2.50 bits per heavy atom. The molecule has 2 aliphatic heterocycles. The minimum Gasteiger partial charge on any atom is -0.342 e. The Balaban J connectivity index is 1.73. The van der Waals surface area contributed by atoms with Crippen LogP contribution in [-0.4, -0.2) is 62.5 Å². The van der Waals surface area contributed by atoms with Gasteiger partial charge < -0.3 is 15.1 Å². The van der Waals surface area contributed by atoms with Crippen molar-refractivity contribution in [2.24, 2.45) is 11.8 Å². The van der Waals surface area contributed by atoms with Crippen LogP contribution in [0.4, 0.5) is 0 Å². The summed E-state index contributed by atoms with van der Waals surface area (Å²) in [6, 6.07) is 0. The highest BCUT2D eigenvalue weighted by Crippen LogP contribution is 2.23. The lowest BCUT2D eigenvalue weighted by atomic mass is 9.92. The van der Waals surface area contributed by atoms with Crippen molar-refractivity contribution in [1.82, 2.24) is 15.1 Å². The molecular weight excluding hydrogens is 226 g/mol. The summed E-state index contributed by atoms with van der Waals surface area (Å²) < 4.78 is 0. The Bertz CT molecular complexity index is 274. The number of nitrogens with zero attached hydrogens (tertiary/aromatic N) is 2. The molecule has 2 aliphatic rings. The third-order valence-corrected chi connectivity index (χ3v) is 4.47. The second kappa shape index (κ2) is 6.53. The molecule has 1 N–H and O–H groups in total. The van der Waals surface area contributed by atoms with E-state index in [9.17, 15) is 4.79 Å². The first-order chi connectivity index (χ1) is 8.70. The van der Waals surface area contributed by atoms with Crippen molar-refractivity contribution in [3.63, 3.8) is 0 Å². The van der Waals surface area contributed by atoms with Gasteiger partial charge in [-0.15, -0.1) is 0 Å². The van der Waals surface area contributed by atoms with Crippen molar-refractivity contribution >= 4 is 5.91 Å². The second-order valence-electron chi connectivity index (χ2n) is 5.91. The molecule has 2 rings (SSSR count). The molecule has 1 amide bonds. The van der Waals surface area contributed by atoms with E-state index in [1.54, 1.807) is 0 Å². The summed E-state index contributed by atoms with van der Waals surface area (Å²) in [6.45, 7) is 5.10. The first-order valence-electron chi connectivity index (χ1n) is 7.32. The molecule has 0 spiro atoms. The maximum atomic E-state index is 12.4. The summed E-state index contributed by atoms with van der Waals surface area (Å²) in [7, 11) is 4.12. The van der Waals surface area contributed by atoms with Crippen LogP contribution in [0.2, 0.25) is 0 Å². The van der Waals surface area contributed by atoms with Crippen molar-refractivity contribution in [2.45, 2.75) is 25.7 Å². The quantitative estimate of drug-likeness (QED) is 0.804. The Labute approximate surface area is 111 Å². The smallest absolute Gasteiger partial charge is 0.227 e. The zero-order valence-corrected chi connectivity index (χ0v) is 11.8. The van der Waals surface area contributed by atoms with Crippen LogP contribution in [-0.2, 0) is 4.79 Å². The number of hydrogen-bond acceptors (Lipinski definition) is 3. The number of hydrogen-bond donors (Lipinski definition) is 1. The van der Waals surface area contributed by atoms with E-state index in [4.69, 9.17) is 0 Å². The Kier molecular flexibility index (Phi) is 5.01. The molecule has 1 atom stereocenters. The van der Waals surface area contributed by atoms with Gasteiger partial charge in [0.05, 0.1) is 5.92 Å². The summed E-state index contributed by atoms with van der Waals surface area (Å²) in [5.41, 5.74) is 0. The summed E-state index contributed by atoms with van der Waals surface area (Å²) in [4.78, 5) is 16.7.